The molecule has 16 heteroatoms. The minimum atomic E-state index is -0.518. The highest BCUT2D eigenvalue weighted by Crippen LogP contribution is 2.47. The Bertz CT molecular complexity index is 2750. The number of benzene rings is 2. The number of hydrogen-bond donors (Lipinski definition) is 0. The Hall–Kier alpha value is -6.58. The van der Waals surface area contributed by atoms with Crippen molar-refractivity contribution in [2.45, 2.75) is 130 Å². The van der Waals surface area contributed by atoms with Crippen molar-refractivity contribution in [3.8, 4) is 0 Å². The lowest BCUT2D eigenvalue weighted by molar-refractivity contribution is -0.148. The summed E-state index contributed by atoms with van der Waals surface area (Å²) in [6.45, 7) is 19.5. The SMILES string of the molecule is C=C1CCN(C(=O)C(CC(=O)OC)CC(C)C)C1c1nc2c(cc1C)C=CC(C1CCC(c3cccc(N=C(CC)C4CCCN4C(=O)C(CC(=O)OC)C(C)C)c3)N1c1ccc(N3CCN(C(=O)OC)CC3)c(F)c1)C2. The molecule has 2 aromatic carbocycles. The third-order valence-corrected chi connectivity index (χ3v) is 16.7. The standard InChI is InChI=1S/C61H80FN7O8/c1-11-49(54-16-13-24-67(54)60(73)47(38(4)5)36-56(71)76-9)63-45-15-12-14-42(32-45)51-21-22-52(69(51)46-19-20-53(48(62)35-46)65-26-28-66(29-27-65)61(74)77-10)43-18-17-41-31-40(7)57(64-50(41)33-43)58-39(6)23-25-68(58)59(72)44(30-37(2)3)34-55(70)75-8/h12,14-15,17-20,31-32,35,37-38,43-44,47,51-52,54,58H,6,11,13,16,21-30,33-34,36H2,1-5,7-10H3. The second-order valence-electron chi connectivity index (χ2n) is 22.4. The second-order valence-corrected chi connectivity index (χ2v) is 22.4. The lowest BCUT2D eigenvalue weighted by Gasteiger charge is -2.38. The van der Waals surface area contributed by atoms with Crippen LogP contribution in [0.1, 0.15) is 133 Å². The van der Waals surface area contributed by atoms with Crippen LogP contribution in [-0.2, 0) is 39.8 Å². The molecule has 77 heavy (non-hydrogen) atoms. The Morgan fingerprint density at radius 2 is 1.58 bits per heavy atom. The van der Waals surface area contributed by atoms with E-state index in [1.54, 1.807) is 11.0 Å². The first kappa shape index (κ1) is 56.6. The van der Waals surface area contributed by atoms with Gasteiger partial charge in [-0.1, -0.05) is 65.5 Å². The number of pyridine rings is 1. The molecule has 4 saturated heterocycles. The monoisotopic (exact) mass is 1060 g/mol. The highest BCUT2D eigenvalue weighted by Gasteiger charge is 2.43. The summed E-state index contributed by atoms with van der Waals surface area (Å²) in [4.78, 5) is 86.3. The third kappa shape index (κ3) is 12.4. The molecule has 1 aromatic heterocycles. The van der Waals surface area contributed by atoms with Gasteiger partial charge in [0.1, 0.15) is 5.82 Å². The van der Waals surface area contributed by atoms with Gasteiger partial charge in [0.05, 0.1) is 75.3 Å². The van der Waals surface area contributed by atoms with Crippen LogP contribution in [0.4, 0.5) is 26.2 Å². The summed E-state index contributed by atoms with van der Waals surface area (Å²) < 4.78 is 31.7. The van der Waals surface area contributed by atoms with Crippen molar-refractivity contribution in [3.63, 3.8) is 0 Å². The zero-order chi connectivity index (χ0) is 55.2. The molecular formula is C61H80FN7O8. The minimum Gasteiger partial charge on any atom is -0.469 e. The summed E-state index contributed by atoms with van der Waals surface area (Å²) >= 11 is 0. The minimum absolute atomic E-state index is 0.00248. The van der Waals surface area contributed by atoms with E-state index in [0.29, 0.717) is 70.6 Å². The van der Waals surface area contributed by atoms with Crippen molar-refractivity contribution in [2.24, 2.45) is 34.6 Å². The number of piperazine rings is 1. The van der Waals surface area contributed by atoms with Crippen LogP contribution in [0.2, 0.25) is 0 Å². The Morgan fingerprint density at radius 1 is 0.844 bits per heavy atom. The molecule has 7 unspecified atom stereocenters. The maximum absolute atomic E-state index is 16.8. The first-order valence-corrected chi connectivity index (χ1v) is 27.9. The largest absolute Gasteiger partial charge is 0.469 e. The van der Waals surface area contributed by atoms with Crippen LogP contribution < -0.4 is 9.80 Å². The number of rotatable bonds is 17. The topological polar surface area (TPSA) is 154 Å². The predicted molar refractivity (Wildman–Crippen MR) is 297 cm³/mol. The molecule has 0 spiro atoms. The molecule has 7 atom stereocenters. The summed E-state index contributed by atoms with van der Waals surface area (Å²) in [6.07, 6.45) is 9.83. The molecule has 0 saturated carbocycles. The zero-order valence-electron chi connectivity index (χ0n) is 46.8. The summed E-state index contributed by atoms with van der Waals surface area (Å²) in [5, 5.41) is 0. The van der Waals surface area contributed by atoms with Gasteiger partial charge in [0, 0.05) is 74.2 Å². The number of methoxy groups -OCH3 is 3. The number of likely N-dealkylation sites (tertiary alicyclic amines) is 2. The Morgan fingerprint density at radius 3 is 2.26 bits per heavy atom. The van der Waals surface area contributed by atoms with E-state index < -0.39 is 29.8 Å². The van der Waals surface area contributed by atoms with Gasteiger partial charge in [-0.3, -0.25) is 29.2 Å². The Kier molecular flexibility index (Phi) is 18.3. The van der Waals surface area contributed by atoms with Crippen LogP contribution >= 0.6 is 0 Å². The number of anilines is 2. The molecule has 3 amide bonds. The van der Waals surface area contributed by atoms with E-state index >= 15 is 4.39 Å². The summed E-state index contributed by atoms with van der Waals surface area (Å²) in [6, 6.07) is 15.2. The molecule has 414 valence electrons. The Balaban J connectivity index is 1.11. The van der Waals surface area contributed by atoms with Crippen LogP contribution in [-0.4, -0.2) is 128 Å². The lowest BCUT2D eigenvalue weighted by Crippen LogP contribution is -2.49. The number of aryl methyl sites for hydroxylation is 1. The molecule has 8 rings (SSSR count). The van der Waals surface area contributed by atoms with Gasteiger partial charge in [-0.25, -0.2) is 9.18 Å². The van der Waals surface area contributed by atoms with Crippen LogP contribution in [0.5, 0.6) is 0 Å². The molecule has 0 radical (unpaired) electrons. The lowest BCUT2D eigenvalue weighted by atomic mass is 9.85. The van der Waals surface area contributed by atoms with E-state index in [1.165, 1.54) is 21.3 Å². The van der Waals surface area contributed by atoms with Crippen LogP contribution in [0.3, 0.4) is 0 Å². The second kappa shape index (κ2) is 24.8. The van der Waals surface area contributed by atoms with Crippen LogP contribution in [0.15, 0.2) is 71.8 Å². The molecular weight excluding hydrogens is 978 g/mol. The molecule has 5 aliphatic rings. The Labute approximate surface area is 454 Å². The van der Waals surface area contributed by atoms with E-state index in [4.69, 9.17) is 24.2 Å². The number of amides is 3. The molecule has 0 N–H and O–H groups in total. The van der Waals surface area contributed by atoms with Gasteiger partial charge in [0.25, 0.3) is 0 Å². The van der Waals surface area contributed by atoms with E-state index in [2.05, 4.69) is 62.6 Å². The maximum atomic E-state index is 16.8. The van der Waals surface area contributed by atoms with Gasteiger partial charge in [0.15, 0.2) is 0 Å². The van der Waals surface area contributed by atoms with E-state index in [0.717, 1.165) is 76.4 Å². The molecule has 15 nitrogen and oxygen atoms in total. The fourth-order valence-electron chi connectivity index (χ4n) is 12.7. The number of carbonyl (C=O) groups excluding carboxylic acids is 5. The number of carbonyl (C=O) groups is 5. The van der Waals surface area contributed by atoms with Crippen molar-refractivity contribution in [2.75, 3.05) is 70.4 Å². The molecule has 1 aliphatic carbocycles. The van der Waals surface area contributed by atoms with Crippen molar-refractivity contribution in [1.29, 1.82) is 0 Å². The smallest absolute Gasteiger partial charge is 0.409 e. The molecule has 4 fully saturated rings. The quantitative estimate of drug-likeness (QED) is 0.0549. The average Bonchev–Trinajstić information content (AvgIpc) is 4.22. The van der Waals surface area contributed by atoms with Gasteiger partial charge in [-0.05, 0) is 129 Å². The number of nitrogens with zero attached hydrogens (tertiary/aromatic N) is 7. The van der Waals surface area contributed by atoms with Crippen LogP contribution in [0.25, 0.3) is 6.08 Å². The highest BCUT2D eigenvalue weighted by atomic mass is 19.1. The average molecular weight is 1060 g/mol. The normalized spacial score (nSPS) is 22.4. The number of aromatic nitrogens is 1. The molecule has 0 bridgehead atoms. The maximum Gasteiger partial charge on any atom is 0.409 e. The summed E-state index contributed by atoms with van der Waals surface area (Å²) in [5.41, 5.74) is 8.64. The first-order valence-electron chi connectivity index (χ1n) is 27.9. The number of esters is 2. The highest BCUT2D eigenvalue weighted by molar-refractivity contribution is 5.96. The molecule has 3 aromatic rings. The van der Waals surface area contributed by atoms with Gasteiger partial charge < -0.3 is 38.7 Å². The van der Waals surface area contributed by atoms with Gasteiger partial charge in [-0.2, -0.15) is 0 Å². The van der Waals surface area contributed by atoms with E-state index in [1.807, 2.05) is 59.7 Å². The number of halogens is 1. The molecule has 5 heterocycles. The van der Waals surface area contributed by atoms with Crippen molar-refractivity contribution >= 4 is 58.7 Å². The zero-order valence-corrected chi connectivity index (χ0v) is 46.8. The molecule has 4 aliphatic heterocycles. The predicted octanol–water partition coefficient (Wildman–Crippen LogP) is 10.4. The fraction of sp³-hybridized carbons (Fsp3) is 0.557. The van der Waals surface area contributed by atoms with E-state index in [9.17, 15) is 24.0 Å². The summed E-state index contributed by atoms with van der Waals surface area (Å²) in [7, 11) is 4.08. The van der Waals surface area contributed by atoms with Crippen LogP contribution in [0, 0.1) is 42.3 Å². The number of fused-ring (bicyclic) bond motifs is 1. The van der Waals surface area contributed by atoms with Crippen molar-refractivity contribution in [1.82, 2.24) is 19.7 Å². The third-order valence-electron chi connectivity index (χ3n) is 16.7. The van der Waals surface area contributed by atoms with Crippen molar-refractivity contribution < 1.29 is 42.6 Å². The van der Waals surface area contributed by atoms with Crippen molar-refractivity contribution in [3.05, 3.63) is 101 Å². The first-order chi connectivity index (χ1) is 36.9. The van der Waals surface area contributed by atoms with Gasteiger partial charge in [0.2, 0.25) is 11.8 Å². The fourth-order valence-corrected chi connectivity index (χ4v) is 12.7. The number of hydrogen-bond acceptors (Lipinski definition) is 12. The summed E-state index contributed by atoms with van der Waals surface area (Å²) in [5.74, 6) is -2.11. The number of aliphatic imine (C=N–C) groups is 1. The van der Waals surface area contributed by atoms with E-state index in [-0.39, 0.29) is 72.4 Å². The number of ether oxygens (including phenoxy) is 3. The van der Waals surface area contributed by atoms with Gasteiger partial charge >= 0.3 is 18.0 Å². The van der Waals surface area contributed by atoms with Gasteiger partial charge in [-0.15, -0.1) is 0 Å².